The second-order valence-electron chi connectivity index (χ2n) is 6.54. The van der Waals surface area contributed by atoms with Crippen molar-refractivity contribution in [3.63, 3.8) is 0 Å². The number of carbonyl (C=O) groups is 1. The molecule has 0 bridgehead atoms. The van der Waals surface area contributed by atoms with Gasteiger partial charge in [0, 0.05) is 5.56 Å². The average Bonchev–Trinajstić information content (AvgIpc) is 2.69. The molecule has 0 aliphatic rings. The molecule has 0 unspecified atom stereocenters. The fourth-order valence-corrected chi connectivity index (χ4v) is 2.92. The van der Waals surface area contributed by atoms with Gasteiger partial charge in [-0.2, -0.15) is 0 Å². The minimum absolute atomic E-state index is 0.197. The van der Waals surface area contributed by atoms with E-state index in [1.165, 1.54) is 6.33 Å². The van der Waals surface area contributed by atoms with E-state index in [1.807, 2.05) is 24.3 Å². The Hall–Kier alpha value is -3.67. The molecule has 3 aromatic rings. The van der Waals surface area contributed by atoms with E-state index >= 15 is 0 Å². The van der Waals surface area contributed by atoms with E-state index in [-0.39, 0.29) is 11.5 Å². The van der Waals surface area contributed by atoms with Gasteiger partial charge in [0.2, 0.25) is 11.8 Å². The van der Waals surface area contributed by atoms with Gasteiger partial charge in [-0.05, 0) is 38.0 Å². The molecule has 1 N–H and O–H groups in total. The maximum absolute atomic E-state index is 11.7. The standard InChI is InChI=1S/C23H22N2O4/c1-4-16-9-5-7-11-18(16)28-20-13-21(25-14-24-20)29-19-12-8-6-10-17(19)22(15(2)3)23(26)27/h5-14H,4H2,1-3H3,(H,26,27). The van der Waals surface area contributed by atoms with Crippen molar-refractivity contribution in [3.05, 3.63) is 77.6 Å². The molecule has 0 saturated heterocycles. The number of aromatic nitrogens is 2. The Kier molecular flexibility index (Phi) is 6.24. The van der Waals surface area contributed by atoms with Crippen LogP contribution in [-0.4, -0.2) is 21.0 Å². The number of rotatable bonds is 7. The second-order valence-corrected chi connectivity index (χ2v) is 6.54. The summed E-state index contributed by atoms with van der Waals surface area (Å²) in [4.78, 5) is 20.0. The molecule has 1 heterocycles. The maximum Gasteiger partial charge on any atom is 0.336 e. The average molecular weight is 390 g/mol. The largest absolute Gasteiger partial charge is 0.478 e. The van der Waals surface area contributed by atoms with Crippen molar-refractivity contribution in [2.24, 2.45) is 0 Å². The summed E-state index contributed by atoms with van der Waals surface area (Å²) in [7, 11) is 0. The van der Waals surface area contributed by atoms with Crippen molar-refractivity contribution in [2.45, 2.75) is 27.2 Å². The fourth-order valence-electron chi connectivity index (χ4n) is 2.92. The molecule has 0 spiro atoms. The number of aryl methyl sites for hydroxylation is 1. The molecule has 3 rings (SSSR count). The van der Waals surface area contributed by atoms with Crippen LogP contribution in [0, 0.1) is 0 Å². The highest BCUT2D eigenvalue weighted by Crippen LogP contribution is 2.32. The molecule has 0 aliphatic carbocycles. The monoisotopic (exact) mass is 390 g/mol. The van der Waals surface area contributed by atoms with Gasteiger partial charge >= 0.3 is 5.97 Å². The lowest BCUT2D eigenvalue weighted by molar-refractivity contribution is -0.130. The van der Waals surface area contributed by atoms with Crippen molar-refractivity contribution in [1.29, 1.82) is 0 Å². The third kappa shape index (κ3) is 4.79. The van der Waals surface area contributed by atoms with E-state index in [1.54, 1.807) is 44.2 Å². The fraction of sp³-hybridized carbons (Fsp3) is 0.174. The first kappa shape index (κ1) is 20.1. The normalized spacial score (nSPS) is 10.3. The third-order valence-corrected chi connectivity index (χ3v) is 4.27. The van der Waals surface area contributed by atoms with Gasteiger partial charge in [-0.1, -0.05) is 48.9 Å². The molecular formula is C23H22N2O4. The molecule has 0 atom stereocenters. The molecular weight excluding hydrogens is 368 g/mol. The smallest absolute Gasteiger partial charge is 0.336 e. The molecule has 0 fully saturated rings. The third-order valence-electron chi connectivity index (χ3n) is 4.27. The second kappa shape index (κ2) is 9.01. The van der Waals surface area contributed by atoms with E-state index in [2.05, 4.69) is 16.9 Å². The molecule has 6 heteroatoms. The SMILES string of the molecule is CCc1ccccc1Oc1cc(Oc2ccccc2C(C(=O)O)=C(C)C)ncn1. The number of benzene rings is 2. The zero-order valence-electron chi connectivity index (χ0n) is 16.5. The lowest BCUT2D eigenvalue weighted by Crippen LogP contribution is -2.04. The van der Waals surface area contributed by atoms with Crippen molar-refractivity contribution in [3.8, 4) is 23.3 Å². The van der Waals surface area contributed by atoms with E-state index < -0.39 is 5.97 Å². The highest BCUT2D eigenvalue weighted by atomic mass is 16.5. The highest BCUT2D eigenvalue weighted by molar-refractivity contribution is 6.17. The van der Waals surface area contributed by atoms with Crippen LogP contribution in [0.15, 0.2) is 66.5 Å². The Balaban J connectivity index is 1.90. The summed E-state index contributed by atoms with van der Waals surface area (Å²) in [6, 6.07) is 16.3. The van der Waals surface area contributed by atoms with Gasteiger partial charge in [0.05, 0.1) is 11.6 Å². The van der Waals surface area contributed by atoms with Crippen LogP contribution < -0.4 is 9.47 Å². The first-order chi connectivity index (χ1) is 14.0. The van der Waals surface area contributed by atoms with Crippen LogP contribution in [0.3, 0.4) is 0 Å². The van der Waals surface area contributed by atoms with Crippen LogP contribution in [0.1, 0.15) is 31.9 Å². The highest BCUT2D eigenvalue weighted by Gasteiger charge is 2.18. The Morgan fingerprint density at radius 1 is 0.931 bits per heavy atom. The molecule has 29 heavy (non-hydrogen) atoms. The van der Waals surface area contributed by atoms with E-state index in [4.69, 9.17) is 9.47 Å². The number of hydrogen-bond donors (Lipinski definition) is 1. The molecule has 0 aliphatic heterocycles. The summed E-state index contributed by atoms with van der Waals surface area (Å²) >= 11 is 0. The zero-order valence-corrected chi connectivity index (χ0v) is 16.5. The van der Waals surface area contributed by atoms with Crippen molar-refractivity contribution < 1.29 is 19.4 Å². The van der Waals surface area contributed by atoms with E-state index in [9.17, 15) is 9.90 Å². The van der Waals surface area contributed by atoms with E-state index in [0.29, 0.717) is 22.8 Å². The number of aliphatic carboxylic acids is 1. The summed E-state index contributed by atoms with van der Waals surface area (Å²) in [6.07, 6.45) is 2.18. The predicted molar refractivity (Wildman–Crippen MR) is 110 cm³/mol. The molecule has 2 aromatic carbocycles. The summed E-state index contributed by atoms with van der Waals surface area (Å²) in [5.41, 5.74) is 2.42. The number of nitrogens with zero attached hydrogens (tertiary/aromatic N) is 2. The molecule has 6 nitrogen and oxygen atoms in total. The Labute approximate surface area is 169 Å². The number of ether oxygens (including phenoxy) is 2. The van der Waals surface area contributed by atoms with E-state index in [0.717, 1.165) is 17.7 Å². The molecule has 1 aromatic heterocycles. The number of allylic oxidation sites excluding steroid dienone is 1. The molecule has 0 saturated carbocycles. The number of carboxylic acid groups (broad SMARTS) is 1. The van der Waals surface area contributed by atoms with Gasteiger partial charge in [-0.15, -0.1) is 0 Å². The van der Waals surface area contributed by atoms with Crippen LogP contribution >= 0.6 is 0 Å². The van der Waals surface area contributed by atoms with Gasteiger partial charge in [0.15, 0.2) is 0 Å². The summed E-state index contributed by atoms with van der Waals surface area (Å²) in [5, 5.41) is 9.59. The van der Waals surface area contributed by atoms with Crippen LogP contribution in [-0.2, 0) is 11.2 Å². The minimum Gasteiger partial charge on any atom is -0.478 e. The number of carboxylic acids is 1. The van der Waals surface area contributed by atoms with Gasteiger partial charge < -0.3 is 14.6 Å². The summed E-state index contributed by atoms with van der Waals surface area (Å²) in [5.74, 6) is 0.704. The number of para-hydroxylation sites is 2. The van der Waals surface area contributed by atoms with Crippen LogP contribution in [0.2, 0.25) is 0 Å². The van der Waals surface area contributed by atoms with Crippen molar-refractivity contribution in [2.75, 3.05) is 0 Å². The Bertz CT molecular complexity index is 1060. The minimum atomic E-state index is -1.01. The molecule has 0 radical (unpaired) electrons. The summed E-state index contributed by atoms with van der Waals surface area (Å²) < 4.78 is 11.8. The van der Waals surface area contributed by atoms with Crippen LogP contribution in [0.4, 0.5) is 0 Å². The van der Waals surface area contributed by atoms with Gasteiger partial charge in [0.1, 0.15) is 17.8 Å². The van der Waals surface area contributed by atoms with Crippen LogP contribution in [0.25, 0.3) is 5.57 Å². The van der Waals surface area contributed by atoms with Gasteiger partial charge in [0.25, 0.3) is 0 Å². The quantitative estimate of drug-likeness (QED) is 0.536. The predicted octanol–water partition coefficient (Wildman–Crippen LogP) is 5.50. The number of hydrogen-bond acceptors (Lipinski definition) is 5. The van der Waals surface area contributed by atoms with Crippen molar-refractivity contribution >= 4 is 11.5 Å². The van der Waals surface area contributed by atoms with Crippen molar-refractivity contribution in [1.82, 2.24) is 9.97 Å². The molecule has 148 valence electrons. The Morgan fingerprint density at radius 2 is 1.52 bits per heavy atom. The van der Waals surface area contributed by atoms with Crippen LogP contribution in [0.5, 0.6) is 23.3 Å². The maximum atomic E-state index is 11.7. The molecule has 0 amide bonds. The zero-order chi connectivity index (χ0) is 20.8. The lowest BCUT2D eigenvalue weighted by Gasteiger charge is -2.13. The first-order valence-corrected chi connectivity index (χ1v) is 9.25. The first-order valence-electron chi connectivity index (χ1n) is 9.25. The summed E-state index contributed by atoms with van der Waals surface area (Å²) in [6.45, 7) is 5.56. The lowest BCUT2D eigenvalue weighted by atomic mass is 10.0. The Morgan fingerprint density at radius 3 is 2.14 bits per heavy atom. The van der Waals surface area contributed by atoms with Gasteiger partial charge in [-0.3, -0.25) is 0 Å². The van der Waals surface area contributed by atoms with Gasteiger partial charge in [-0.25, -0.2) is 14.8 Å². The topological polar surface area (TPSA) is 81.5 Å².